The number of nitrogens with one attached hydrogen (secondary N) is 1. The number of allylic oxidation sites excluding steroid dienone is 2. The molecule has 1 aromatic heterocycles. The zero-order chi connectivity index (χ0) is 14.8. The SMILES string of the molecule is CCC1=CC(=O)n2nc(NCc3ccccc3C)nc2C1. The lowest BCUT2D eigenvalue weighted by atomic mass is 10.1. The Bertz CT molecular complexity index is 715. The number of aromatic nitrogens is 3. The van der Waals surface area contributed by atoms with E-state index in [1.54, 1.807) is 6.08 Å². The van der Waals surface area contributed by atoms with E-state index in [9.17, 15) is 4.79 Å². The fraction of sp³-hybridized carbons (Fsp3) is 0.312. The van der Waals surface area contributed by atoms with E-state index in [0.717, 1.165) is 12.0 Å². The fourth-order valence-electron chi connectivity index (χ4n) is 2.41. The lowest BCUT2D eigenvalue weighted by molar-refractivity contribution is 0.0945. The Balaban J connectivity index is 1.75. The summed E-state index contributed by atoms with van der Waals surface area (Å²) in [4.78, 5) is 16.4. The molecule has 1 aromatic carbocycles. The molecule has 2 aromatic rings. The van der Waals surface area contributed by atoms with Crippen LogP contribution in [0.3, 0.4) is 0 Å². The van der Waals surface area contributed by atoms with Crippen molar-refractivity contribution in [2.45, 2.75) is 33.2 Å². The Kier molecular flexibility index (Phi) is 3.56. The van der Waals surface area contributed by atoms with Gasteiger partial charge in [0, 0.05) is 19.0 Å². The lowest BCUT2D eigenvalue weighted by Gasteiger charge is -2.09. The first-order valence-electron chi connectivity index (χ1n) is 7.15. The maximum absolute atomic E-state index is 12.0. The Morgan fingerprint density at radius 1 is 1.33 bits per heavy atom. The number of hydrogen-bond donors (Lipinski definition) is 1. The van der Waals surface area contributed by atoms with Crippen LogP contribution in [0.5, 0.6) is 0 Å². The van der Waals surface area contributed by atoms with E-state index in [0.29, 0.717) is 24.7 Å². The first-order chi connectivity index (χ1) is 10.2. The van der Waals surface area contributed by atoms with E-state index in [1.807, 2.05) is 19.1 Å². The molecular formula is C16H18N4O. The van der Waals surface area contributed by atoms with Gasteiger partial charge in [0.05, 0.1) is 0 Å². The average Bonchev–Trinajstić information content (AvgIpc) is 2.90. The molecule has 0 fully saturated rings. The van der Waals surface area contributed by atoms with Crippen molar-refractivity contribution < 1.29 is 4.79 Å². The minimum absolute atomic E-state index is 0.107. The lowest BCUT2D eigenvalue weighted by Crippen LogP contribution is -2.19. The van der Waals surface area contributed by atoms with Crippen LogP contribution in [0.4, 0.5) is 5.95 Å². The number of benzene rings is 1. The molecule has 3 rings (SSSR count). The minimum Gasteiger partial charge on any atom is -0.349 e. The summed E-state index contributed by atoms with van der Waals surface area (Å²) < 4.78 is 1.39. The van der Waals surface area contributed by atoms with Crippen molar-refractivity contribution in [2.24, 2.45) is 0 Å². The van der Waals surface area contributed by atoms with Crippen LogP contribution < -0.4 is 5.32 Å². The zero-order valence-corrected chi connectivity index (χ0v) is 12.3. The summed E-state index contributed by atoms with van der Waals surface area (Å²) in [5.74, 6) is 1.11. The third kappa shape index (κ3) is 2.72. The van der Waals surface area contributed by atoms with E-state index < -0.39 is 0 Å². The first-order valence-corrected chi connectivity index (χ1v) is 7.15. The van der Waals surface area contributed by atoms with Crippen LogP contribution in [0.1, 0.15) is 35.1 Å². The number of fused-ring (bicyclic) bond motifs is 1. The molecule has 0 bridgehead atoms. The van der Waals surface area contributed by atoms with Gasteiger partial charge in [0.1, 0.15) is 5.82 Å². The molecule has 0 saturated heterocycles. The summed E-state index contributed by atoms with van der Waals surface area (Å²) in [5, 5.41) is 7.44. The Morgan fingerprint density at radius 2 is 2.14 bits per heavy atom. The summed E-state index contributed by atoms with van der Waals surface area (Å²) in [6.07, 6.45) is 3.22. The van der Waals surface area contributed by atoms with Gasteiger partial charge in [-0.2, -0.15) is 9.67 Å². The monoisotopic (exact) mass is 282 g/mol. The predicted molar refractivity (Wildman–Crippen MR) is 81.2 cm³/mol. The largest absolute Gasteiger partial charge is 0.349 e. The summed E-state index contributed by atoms with van der Waals surface area (Å²) >= 11 is 0. The van der Waals surface area contributed by atoms with Crippen LogP contribution in [-0.2, 0) is 13.0 Å². The summed E-state index contributed by atoms with van der Waals surface area (Å²) in [6, 6.07) is 8.17. The van der Waals surface area contributed by atoms with Crippen LogP contribution >= 0.6 is 0 Å². The van der Waals surface area contributed by atoms with Crippen molar-refractivity contribution in [3.05, 3.63) is 52.9 Å². The van der Waals surface area contributed by atoms with Gasteiger partial charge < -0.3 is 5.32 Å². The smallest absolute Gasteiger partial charge is 0.272 e. The standard InChI is InChI=1S/C16H18N4O/c1-3-12-8-14-18-16(19-20(14)15(21)9-12)17-10-13-7-5-4-6-11(13)2/h4-7,9H,3,8,10H2,1-2H3,(H,17,19). The second kappa shape index (κ2) is 5.52. The van der Waals surface area contributed by atoms with Gasteiger partial charge in [-0.3, -0.25) is 4.79 Å². The van der Waals surface area contributed by atoms with Gasteiger partial charge in [0.2, 0.25) is 5.95 Å². The topological polar surface area (TPSA) is 59.8 Å². The normalized spacial score (nSPS) is 13.8. The molecule has 2 heterocycles. The maximum Gasteiger partial charge on any atom is 0.272 e. The van der Waals surface area contributed by atoms with E-state index in [4.69, 9.17) is 0 Å². The number of carbonyl (C=O) groups excluding carboxylic acids is 1. The molecule has 0 unspecified atom stereocenters. The Morgan fingerprint density at radius 3 is 2.90 bits per heavy atom. The number of anilines is 1. The van der Waals surface area contributed by atoms with E-state index in [2.05, 4.69) is 34.5 Å². The van der Waals surface area contributed by atoms with Crippen LogP contribution in [0.15, 0.2) is 35.9 Å². The molecule has 5 nitrogen and oxygen atoms in total. The number of aryl methyl sites for hydroxylation is 1. The highest BCUT2D eigenvalue weighted by atomic mass is 16.2. The molecule has 0 amide bonds. The van der Waals surface area contributed by atoms with Crippen molar-refractivity contribution in [3.63, 3.8) is 0 Å². The number of nitrogens with zero attached hydrogens (tertiary/aromatic N) is 3. The van der Waals surface area contributed by atoms with Crippen molar-refractivity contribution in [1.29, 1.82) is 0 Å². The summed E-state index contributed by atoms with van der Waals surface area (Å²) in [7, 11) is 0. The molecule has 5 heteroatoms. The van der Waals surface area contributed by atoms with Gasteiger partial charge in [-0.15, -0.1) is 5.10 Å². The van der Waals surface area contributed by atoms with Gasteiger partial charge in [0.25, 0.3) is 5.91 Å². The highest BCUT2D eigenvalue weighted by Gasteiger charge is 2.20. The molecule has 1 N–H and O–H groups in total. The van der Waals surface area contributed by atoms with E-state index in [1.165, 1.54) is 15.8 Å². The molecule has 0 atom stereocenters. The van der Waals surface area contributed by atoms with Crippen molar-refractivity contribution in [1.82, 2.24) is 14.8 Å². The molecule has 0 radical (unpaired) electrons. The van der Waals surface area contributed by atoms with Crippen molar-refractivity contribution >= 4 is 11.9 Å². The summed E-state index contributed by atoms with van der Waals surface area (Å²) in [5.41, 5.74) is 3.52. The minimum atomic E-state index is -0.107. The highest BCUT2D eigenvalue weighted by molar-refractivity contribution is 5.91. The molecule has 0 saturated carbocycles. The third-order valence-electron chi connectivity index (χ3n) is 3.75. The quantitative estimate of drug-likeness (QED) is 0.936. The molecule has 21 heavy (non-hydrogen) atoms. The fourth-order valence-corrected chi connectivity index (χ4v) is 2.41. The molecule has 1 aliphatic heterocycles. The van der Waals surface area contributed by atoms with E-state index >= 15 is 0 Å². The van der Waals surface area contributed by atoms with Crippen LogP contribution in [-0.4, -0.2) is 20.7 Å². The van der Waals surface area contributed by atoms with Gasteiger partial charge in [0.15, 0.2) is 0 Å². The zero-order valence-electron chi connectivity index (χ0n) is 12.3. The van der Waals surface area contributed by atoms with Gasteiger partial charge >= 0.3 is 0 Å². The van der Waals surface area contributed by atoms with Crippen LogP contribution in [0, 0.1) is 6.92 Å². The maximum atomic E-state index is 12.0. The number of rotatable bonds is 4. The van der Waals surface area contributed by atoms with Gasteiger partial charge in [-0.25, -0.2) is 0 Å². The van der Waals surface area contributed by atoms with E-state index in [-0.39, 0.29) is 5.91 Å². The molecule has 108 valence electrons. The molecule has 0 spiro atoms. The molecule has 0 aliphatic carbocycles. The Hall–Kier alpha value is -2.43. The van der Waals surface area contributed by atoms with Crippen molar-refractivity contribution in [3.8, 4) is 0 Å². The van der Waals surface area contributed by atoms with Crippen LogP contribution in [0.25, 0.3) is 0 Å². The second-order valence-corrected chi connectivity index (χ2v) is 5.21. The van der Waals surface area contributed by atoms with Gasteiger partial charge in [-0.1, -0.05) is 36.8 Å². The Labute approximate surface area is 123 Å². The summed E-state index contributed by atoms with van der Waals surface area (Å²) in [6.45, 7) is 4.77. The number of carbonyl (C=O) groups is 1. The average molecular weight is 282 g/mol. The highest BCUT2D eigenvalue weighted by Crippen LogP contribution is 2.17. The molecular weight excluding hydrogens is 264 g/mol. The van der Waals surface area contributed by atoms with Crippen molar-refractivity contribution in [2.75, 3.05) is 5.32 Å². The first kappa shape index (κ1) is 13.5. The predicted octanol–water partition coefficient (Wildman–Crippen LogP) is 2.73. The van der Waals surface area contributed by atoms with Crippen LogP contribution in [0.2, 0.25) is 0 Å². The number of hydrogen-bond acceptors (Lipinski definition) is 4. The second-order valence-electron chi connectivity index (χ2n) is 5.21. The molecule has 1 aliphatic rings. The third-order valence-corrected chi connectivity index (χ3v) is 3.75. The van der Waals surface area contributed by atoms with Gasteiger partial charge in [-0.05, 0) is 24.5 Å².